The number of aliphatic hydroxyl groups excluding tert-OH is 1. The second kappa shape index (κ2) is 4.61. The van der Waals surface area contributed by atoms with Gasteiger partial charge in [-0.05, 0) is 32.1 Å². The number of hydrogen-bond donors (Lipinski definition) is 1. The molecule has 0 aromatic heterocycles. The van der Waals surface area contributed by atoms with Gasteiger partial charge < -0.3 is 9.84 Å². The highest BCUT2D eigenvalue weighted by molar-refractivity contribution is 5.72. The number of rotatable bonds is 2. The molecule has 0 unspecified atom stereocenters. The van der Waals surface area contributed by atoms with Crippen molar-refractivity contribution in [2.45, 2.75) is 39.2 Å². The molecule has 0 spiro atoms. The minimum absolute atomic E-state index is 0.0124. The summed E-state index contributed by atoms with van der Waals surface area (Å²) in [7, 11) is 0. The molecule has 1 aliphatic rings. The van der Waals surface area contributed by atoms with Gasteiger partial charge in [0.25, 0.3) is 0 Å². The van der Waals surface area contributed by atoms with Gasteiger partial charge in [0.15, 0.2) is 0 Å². The quantitative estimate of drug-likeness (QED) is 0.662. The number of carbonyl (C=O) groups is 1. The first-order valence-corrected chi connectivity index (χ1v) is 4.99. The second-order valence-corrected chi connectivity index (χ2v) is 3.81. The van der Waals surface area contributed by atoms with E-state index >= 15 is 0 Å². The number of carbonyl (C=O) groups excluding carboxylic acids is 1. The molecule has 3 atom stereocenters. The molecule has 0 amide bonds. The van der Waals surface area contributed by atoms with E-state index in [0.717, 1.165) is 19.3 Å². The molecule has 1 fully saturated rings. The van der Waals surface area contributed by atoms with Gasteiger partial charge in [-0.2, -0.15) is 0 Å². The van der Waals surface area contributed by atoms with E-state index < -0.39 is 0 Å². The first kappa shape index (κ1) is 10.5. The van der Waals surface area contributed by atoms with Crippen LogP contribution in [0.5, 0.6) is 0 Å². The normalized spacial score (nSPS) is 34.2. The Kier molecular flexibility index (Phi) is 3.72. The van der Waals surface area contributed by atoms with Gasteiger partial charge in [-0.15, -0.1) is 0 Å². The fraction of sp³-hybridized carbons (Fsp3) is 0.900. The summed E-state index contributed by atoms with van der Waals surface area (Å²) in [5, 5.41) is 9.46. The maximum Gasteiger partial charge on any atom is 0.308 e. The van der Waals surface area contributed by atoms with E-state index in [2.05, 4.69) is 0 Å². The molecule has 0 aliphatic heterocycles. The van der Waals surface area contributed by atoms with E-state index in [1.807, 2.05) is 13.8 Å². The fourth-order valence-corrected chi connectivity index (χ4v) is 1.85. The van der Waals surface area contributed by atoms with Crippen molar-refractivity contribution in [3.63, 3.8) is 0 Å². The highest BCUT2D eigenvalue weighted by Gasteiger charge is 2.30. The third-order valence-corrected chi connectivity index (χ3v) is 2.74. The summed E-state index contributed by atoms with van der Waals surface area (Å²) in [6, 6.07) is 0. The molecule has 3 heteroatoms. The lowest BCUT2D eigenvalue weighted by Gasteiger charge is -2.29. The summed E-state index contributed by atoms with van der Waals surface area (Å²) in [5.74, 6) is 0.141. The summed E-state index contributed by atoms with van der Waals surface area (Å²) in [4.78, 5) is 11.3. The molecule has 0 saturated heterocycles. The molecule has 0 heterocycles. The van der Waals surface area contributed by atoms with Crippen LogP contribution in [0, 0.1) is 11.8 Å². The highest BCUT2D eigenvalue weighted by atomic mass is 16.5. The molecular formula is C10H18O3. The van der Waals surface area contributed by atoms with E-state index in [9.17, 15) is 9.90 Å². The van der Waals surface area contributed by atoms with Crippen molar-refractivity contribution in [2.24, 2.45) is 11.8 Å². The summed E-state index contributed by atoms with van der Waals surface area (Å²) in [6.45, 7) is 4.25. The molecule has 0 bridgehead atoms. The molecule has 0 aromatic carbocycles. The molecule has 0 radical (unpaired) electrons. The van der Waals surface area contributed by atoms with Crippen LogP contribution in [0.15, 0.2) is 0 Å². The van der Waals surface area contributed by atoms with Crippen molar-refractivity contribution in [3.8, 4) is 0 Å². The van der Waals surface area contributed by atoms with Gasteiger partial charge in [0, 0.05) is 0 Å². The van der Waals surface area contributed by atoms with Gasteiger partial charge in [-0.1, -0.05) is 6.92 Å². The molecule has 3 nitrogen and oxygen atoms in total. The van der Waals surface area contributed by atoms with E-state index in [4.69, 9.17) is 4.74 Å². The average Bonchev–Trinajstić information content (AvgIpc) is 2.10. The van der Waals surface area contributed by atoms with Crippen molar-refractivity contribution in [1.82, 2.24) is 0 Å². The van der Waals surface area contributed by atoms with E-state index in [0.29, 0.717) is 6.61 Å². The summed E-state index contributed by atoms with van der Waals surface area (Å²) < 4.78 is 4.94. The van der Waals surface area contributed by atoms with Crippen molar-refractivity contribution in [2.75, 3.05) is 6.61 Å². The summed E-state index contributed by atoms with van der Waals surface area (Å²) in [5.41, 5.74) is 0. The lowest BCUT2D eigenvalue weighted by molar-refractivity contribution is -0.150. The second-order valence-electron chi connectivity index (χ2n) is 3.81. The van der Waals surface area contributed by atoms with Crippen molar-refractivity contribution in [1.29, 1.82) is 0 Å². The maximum atomic E-state index is 11.3. The number of aliphatic hydroxyl groups is 1. The van der Waals surface area contributed by atoms with E-state index in [1.165, 1.54) is 0 Å². The Morgan fingerprint density at radius 3 is 2.77 bits per heavy atom. The van der Waals surface area contributed by atoms with Gasteiger partial charge in [-0.25, -0.2) is 0 Å². The van der Waals surface area contributed by atoms with Crippen LogP contribution in [0.2, 0.25) is 0 Å². The third-order valence-electron chi connectivity index (χ3n) is 2.74. The van der Waals surface area contributed by atoms with Crippen LogP contribution in [0.4, 0.5) is 0 Å². The molecular weight excluding hydrogens is 168 g/mol. The highest BCUT2D eigenvalue weighted by Crippen LogP contribution is 2.29. The van der Waals surface area contributed by atoms with Gasteiger partial charge in [0.1, 0.15) is 0 Å². The zero-order chi connectivity index (χ0) is 9.84. The van der Waals surface area contributed by atoms with Crippen LogP contribution in [0.1, 0.15) is 33.1 Å². The largest absolute Gasteiger partial charge is 0.466 e. The Hall–Kier alpha value is -0.570. The first-order valence-electron chi connectivity index (χ1n) is 4.99. The summed E-state index contributed by atoms with van der Waals surface area (Å²) in [6.07, 6.45) is 2.03. The summed E-state index contributed by atoms with van der Waals surface area (Å²) >= 11 is 0. The zero-order valence-corrected chi connectivity index (χ0v) is 8.32. The lowest BCUT2D eigenvalue weighted by atomic mass is 9.80. The molecule has 1 rings (SSSR count). The van der Waals surface area contributed by atoms with Crippen LogP contribution >= 0.6 is 0 Å². The van der Waals surface area contributed by atoms with Crippen molar-refractivity contribution in [3.05, 3.63) is 0 Å². The topological polar surface area (TPSA) is 46.5 Å². The number of esters is 1. The molecule has 1 aliphatic carbocycles. The third kappa shape index (κ3) is 2.69. The van der Waals surface area contributed by atoms with Gasteiger partial charge in [0.05, 0.1) is 18.6 Å². The molecule has 76 valence electrons. The van der Waals surface area contributed by atoms with Crippen molar-refractivity contribution < 1.29 is 14.6 Å². The van der Waals surface area contributed by atoms with Crippen LogP contribution in [-0.2, 0) is 9.53 Å². The smallest absolute Gasteiger partial charge is 0.308 e. The Morgan fingerprint density at radius 2 is 2.23 bits per heavy atom. The van der Waals surface area contributed by atoms with Gasteiger partial charge >= 0.3 is 5.97 Å². The molecule has 13 heavy (non-hydrogen) atoms. The molecule has 0 aromatic rings. The van der Waals surface area contributed by atoms with Crippen LogP contribution in [0.3, 0.4) is 0 Å². The number of ether oxygens (including phenoxy) is 1. The Morgan fingerprint density at radius 1 is 1.54 bits per heavy atom. The lowest BCUT2D eigenvalue weighted by Crippen LogP contribution is -2.31. The Bertz CT molecular complexity index is 179. The predicted octanol–water partition coefficient (Wildman–Crippen LogP) is 1.35. The maximum absolute atomic E-state index is 11.3. The monoisotopic (exact) mass is 186 g/mol. The Labute approximate surface area is 79.1 Å². The standard InChI is InChI=1S/C10H18O3/c1-3-13-10(12)8-4-5-9(11)7(2)6-8/h7-9,11H,3-6H2,1-2H3/t7-,8+,9-/m1/s1. The first-order chi connectivity index (χ1) is 6.15. The van der Waals surface area contributed by atoms with Crippen LogP contribution in [-0.4, -0.2) is 23.8 Å². The molecule has 1 saturated carbocycles. The van der Waals surface area contributed by atoms with Crippen molar-refractivity contribution >= 4 is 5.97 Å². The fourth-order valence-electron chi connectivity index (χ4n) is 1.85. The van der Waals surface area contributed by atoms with E-state index in [-0.39, 0.29) is 23.9 Å². The zero-order valence-electron chi connectivity index (χ0n) is 8.32. The van der Waals surface area contributed by atoms with Gasteiger partial charge in [0.2, 0.25) is 0 Å². The Balaban J connectivity index is 2.40. The van der Waals surface area contributed by atoms with Gasteiger partial charge in [-0.3, -0.25) is 4.79 Å². The van der Waals surface area contributed by atoms with Crippen LogP contribution < -0.4 is 0 Å². The molecule has 1 N–H and O–H groups in total. The SMILES string of the molecule is CCOC(=O)[C@H]1CC[C@@H](O)[C@H](C)C1. The predicted molar refractivity (Wildman–Crippen MR) is 49.1 cm³/mol. The minimum Gasteiger partial charge on any atom is -0.466 e. The minimum atomic E-state index is -0.231. The van der Waals surface area contributed by atoms with Crippen LogP contribution in [0.25, 0.3) is 0 Å². The number of hydrogen-bond acceptors (Lipinski definition) is 3. The van der Waals surface area contributed by atoms with E-state index in [1.54, 1.807) is 0 Å². The average molecular weight is 186 g/mol.